The molecule has 0 aliphatic rings. The van der Waals surface area contributed by atoms with E-state index in [0.29, 0.717) is 12.5 Å². The molecule has 25 heavy (non-hydrogen) atoms. The van der Waals surface area contributed by atoms with Crippen LogP contribution in [0, 0.1) is 0 Å². The van der Waals surface area contributed by atoms with Gasteiger partial charge in [-0.2, -0.15) is 0 Å². The highest BCUT2D eigenvalue weighted by molar-refractivity contribution is 5.81. The number of hydrogen-bond acceptors (Lipinski definition) is 3. The molecule has 0 saturated carbocycles. The van der Waals surface area contributed by atoms with Crippen molar-refractivity contribution in [3.8, 4) is 0 Å². The Labute approximate surface area is 147 Å². The van der Waals surface area contributed by atoms with Gasteiger partial charge in [0, 0.05) is 19.0 Å². The first kappa shape index (κ1) is 17.0. The molecule has 5 nitrogen and oxygen atoms in total. The van der Waals surface area contributed by atoms with Crippen molar-refractivity contribution >= 4 is 16.9 Å². The molecule has 2 aromatic carbocycles. The zero-order valence-electron chi connectivity index (χ0n) is 14.4. The van der Waals surface area contributed by atoms with Crippen LogP contribution < -0.4 is 10.6 Å². The lowest BCUT2D eigenvalue weighted by Gasteiger charge is -2.18. The maximum Gasteiger partial charge on any atom is 0.191 e. The minimum atomic E-state index is -0.596. The molecule has 0 spiro atoms. The Hall–Kier alpha value is -2.79. The molecule has 0 radical (unpaired) electrons. The molecule has 2 unspecified atom stereocenters. The maximum absolute atomic E-state index is 10.2. The van der Waals surface area contributed by atoms with Crippen LogP contribution in [0.5, 0.6) is 0 Å². The first-order valence-corrected chi connectivity index (χ1v) is 8.36. The van der Waals surface area contributed by atoms with Crippen molar-refractivity contribution < 1.29 is 9.52 Å². The van der Waals surface area contributed by atoms with Gasteiger partial charge in [0.15, 0.2) is 5.96 Å². The molecule has 0 fully saturated rings. The SMILES string of the molecule is CN=C(NCC(O)c1ccccc1)NC(C)c1cc2ccccc2o1. The fourth-order valence-electron chi connectivity index (χ4n) is 2.67. The zero-order chi connectivity index (χ0) is 17.6. The Morgan fingerprint density at radius 3 is 2.56 bits per heavy atom. The Balaban J connectivity index is 1.60. The van der Waals surface area contributed by atoms with Crippen molar-refractivity contribution in [2.75, 3.05) is 13.6 Å². The highest BCUT2D eigenvalue weighted by atomic mass is 16.3. The van der Waals surface area contributed by atoms with Crippen LogP contribution in [0.4, 0.5) is 0 Å². The number of benzene rings is 2. The van der Waals surface area contributed by atoms with Crippen LogP contribution in [0.25, 0.3) is 11.0 Å². The summed E-state index contributed by atoms with van der Waals surface area (Å²) in [4.78, 5) is 4.21. The molecule has 2 atom stereocenters. The van der Waals surface area contributed by atoms with Gasteiger partial charge in [-0.1, -0.05) is 48.5 Å². The lowest BCUT2D eigenvalue weighted by Crippen LogP contribution is -2.40. The quantitative estimate of drug-likeness (QED) is 0.493. The highest BCUT2D eigenvalue weighted by Crippen LogP contribution is 2.23. The van der Waals surface area contributed by atoms with E-state index in [1.165, 1.54) is 0 Å². The molecule has 0 aliphatic heterocycles. The summed E-state index contributed by atoms with van der Waals surface area (Å²) in [6.45, 7) is 2.38. The number of hydrogen-bond donors (Lipinski definition) is 3. The number of guanidine groups is 1. The second-order valence-electron chi connectivity index (χ2n) is 5.93. The summed E-state index contributed by atoms with van der Waals surface area (Å²) in [6.07, 6.45) is -0.596. The fourth-order valence-corrected chi connectivity index (χ4v) is 2.67. The normalized spacial score (nSPS) is 14.3. The first-order chi connectivity index (χ1) is 12.2. The molecule has 0 bridgehead atoms. The van der Waals surface area contributed by atoms with Crippen molar-refractivity contribution in [3.05, 3.63) is 72.0 Å². The van der Waals surface area contributed by atoms with Gasteiger partial charge < -0.3 is 20.2 Å². The second kappa shape index (κ2) is 7.85. The number of rotatable bonds is 5. The smallest absolute Gasteiger partial charge is 0.191 e. The van der Waals surface area contributed by atoms with E-state index in [2.05, 4.69) is 15.6 Å². The van der Waals surface area contributed by atoms with Crippen LogP contribution in [0.15, 0.2) is 70.1 Å². The van der Waals surface area contributed by atoms with Crippen molar-refractivity contribution in [2.45, 2.75) is 19.1 Å². The monoisotopic (exact) mass is 337 g/mol. The van der Waals surface area contributed by atoms with Crippen LogP contribution in [0.1, 0.15) is 30.4 Å². The zero-order valence-corrected chi connectivity index (χ0v) is 14.4. The summed E-state index contributed by atoms with van der Waals surface area (Å²) in [5.74, 6) is 1.45. The van der Waals surface area contributed by atoms with Gasteiger partial charge in [0.1, 0.15) is 11.3 Å². The van der Waals surface area contributed by atoms with E-state index in [-0.39, 0.29) is 6.04 Å². The molecule has 3 N–H and O–H groups in total. The number of aliphatic hydroxyl groups excluding tert-OH is 1. The van der Waals surface area contributed by atoms with Gasteiger partial charge in [0.05, 0.1) is 12.1 Å². The molecule has 0 saturated heterocycles. The largest absolute Gasteiger partial charge is 0.459 e. The third-order valence-electron chi connectivity index (χ3n) is 4.10. The van der Waals surface area contributed by atoms with Gasteiger partial charge in [-0.15, -0.1) is 0 Å². The summed E-state index contributed by atoms with van der Waals surface area (Å²) in [6, 6.07) is 19.5. The van der Waals surface area contributed by atoms with E-state index in [4.69, 9.17) is 4.42 Å². The molecule has 3 aromatic rings. The lowest BCUT2D eigenvalue weighted by molar-refractivity contribution is 0.180. The molecule has 0 aliphatic carbocycles. The van der Waals surface area contributed by atoms with Crippen LogP contribution in [-0.4, -0.2) is 24.7 Å². The third kappa shape index (κ3) is 4.19. The summed E-state index contributed by atoms with van der Waals surface area (Å²) in [5, 5.41) is 17.8. The minimum Gasteiger partial charge on any atom is -0.459 e. The molecule has 3 rings (SSSR count). The van der Waals surface area contributed by atoms with E-state index in [1.807, 2.05) is 67.6 Å². The van der Waals surface area contributed by atoms with Crippen LogP contribution in [0.3, 0.4) is 0 Å². The highest BCUT2D eigenvalue weighted by Gasteiger charge is 2.14. The molecule has 0 amide bonds. The topological polar surface area (TPSA) is 69.8 Å². The minimum absolute atomic E-state index is 0.0486. The van der Waals surface area contributed by atoms with E-state index in [1.54, 1.807) is 7.05 Å². The van der Waals surface area contributed by atoms with Crippen molar-refractivity contribution in [1.82, 2.24) is 10.6 Å². The second-order valence-corrected chi connectivity index (χ2v) is 5.93. The first-order valence-electron chi connectivity index (χ1n) is 8.36. The number of aliphatic hydroxyl groups is 1. The summed E-state index contributed by atoms with van der Waals surface area (Å²) in [5.41, 5.74) is 1.74. The number of furan rings is 1. The standard InChI is InChI=1S/C20H23N3O2/c1-14(19-12-16-10-6-7-11-18(16)25-19)23-20(21-2)22-13-17(24)15-8-4-3-5-9-15/h3-12,14,17,24H,13H2,1-2H3,(H2,21,22,23). The van der Waals surface area contributed by atoms with Gasteiger partial charge in [-0.3, -0.25) is 4.99 Å². The van der Waals surface area contributed by atoms with E-state index in [0.717, 1.165) is 22.3 Å². The number of nitrogens with zero attached hydrogens (tertiary/aromatic N) is 1. The van der Waals surface area contributed by atoms with E-state index >= 15 is 0 Å². The average molecular weight is 337 g/mol. The predicted octanol–water partition coefficient (Wildman–Crippen LogP) is 3.39. The summed E-state index contributed by atoms with van der Waals surface area (Å²) >= 11 is 0. The van der Waals surface area contributed by atoms with Gasteiger partial charge in [0.2, 0.25) is 0 Å². The predicted molar refractivity (Wildman–Crippen MR) is 101 cm³/mol. The van der Waals surface area contributed by atoms with Crippen LogP contribution >= 0.6 is 0 Å². The third-order valence-corrected chi connectivity index (χ3v) is 4.10. The molecular formula is C20H23N3O2. The number of aliphatic imine (C=N–C) groups is 1. The maximum atomic E-state index is 10.2. The molecule has 5 heteroatoms. The van der Waals surface area contributed by atoms with Crippen LogP contribution in [0.2, 0.25) is 0 Å². The molecule has 1 aromatic heterocycles. The van der Waals surface area contributed by atoms with E-state index < -0.39 is 6.10 Å². The Morgan fingerprint density at radius 2 is 1.84 bits per heavy atom. The fraction of sp³-hybridized carbons (Fsp3) is 0.250. The molecule has 130 valence electrons. The van der Waals surface area contributed by atoms with Crippen molar-refractivity contribution in [1.29, 1.82) is 0 Å². The van der Waals surface area contributed by atoms with E-state index in [9.17, 15) is 5.11 Å². The summed E-state index contributed by atoms with van der Waals surface area (Å²) < 4.78 is 5.88. The van der Waals surface area contributed by atoms with Crippen molar-refractivity contribution in [2.24, 2.45) is 4.99 Å². The average Bonchev–Trinajstić information content (AvgIpc) is 3.09. The number of fused-ring (bicyclic) bond motifs is 1. The van der Waals surface area contributed by atoms with Gasteiger partial charge >= 0.3 is 0 Å². The van der Waals surface area contributed by atoms with Gasteiger partial charge in [-0.05, 0) is 24.6 Å². The Morgan fingerprint density at radius 1 is 1.12 bits per heavy atom. The lowest BCUT2D eigenvalue weighted by atomic mass is 10.1. The van der Waals surface area contributed by atoms with Gasteiger partial charge in [0.25, 0.3) is 0 Å². The Bertz CT molecular complexity index is 809. The van der Waals surface area contributed by atoms with Crippen molar-refractivity contribution in [3.63, 3.8) is 0 Å². The number of para-hydroxylation sites is 1. The summed E-state index contributed by atoms with van der Waals surface area (Å²) in [7, 11) is 1.70. The van der Waals surface area contributed by atoms with Crippen LogP contribution in [-0.2, 0) is 0 Å². The molecule has 1 heterocycles. The number of nitrogens with one attached hydrogen (secondary N) is 2. The molecular weight excluding hydrogens is 314 g/mol. The Kier molecular flexibility index (Phi) is 5.36. The van der Waals surface area contributed by atoms with Gasteiger partial charge in [-0.25, -0.2) is 0 Å².